The smallest absolute Gasteiger partial charge is 0.325 e. The van der Waals surface area contributed by atoms with Gasteiger partial charge in [0.25, 0.3) is 5.91 Å². The van der Waals surface area contributed by atoms with E-state index in [1.54, 1.807) is 19.1 Å². The number of benzene rings is 2. The highest BCUT2D eigenvalue weighted by Crippen LogP contribution is 2.36. The number of imide groups is 1. The number of methoxy groups -OCH3 is 2. The van der Waals surface area contributed by atoms with Gasteiger partial charge in [0.2, 0.25) is 5.91 Å². The zero-order valence-corrected chi connectivity index (χ0v) is 17.8. The summed E-state index contributed by atoms with van der Waals surface area (Å²) in [5.41, 5.74) is 0.582. The zero-order valence-electron chi connectivity index (χ0n) is 17.0. The van der Waals surface area contributed by atoms with Gasteiger partial charge in [-0.3, -0.25) is 14.5 Å². The molecule has 30 heavy (non-hydrogen) atoms. The number of anilines is 1. The predicted octanol–water partition coefficient (Wildman–Crippen LogP) is 3.07. The van der Waals surface area contributed by atoms with E-state index in [1.807, 2.05) is 19.1 Å². The summed E-state index contributed by atoms with van der Waals surface area (Å²) in [6, 6.07) is 9.64. The van der Waals surface area contributed by atoms with Crippen LogP contribution in [-0.2, 0) is 15.1 Å². The van der Waals surface area contributed by atoms with Crippen LogP contribution in [0.25, 0.3) is 0 Å². The summed E-state index contributed by atoms with van der Waals surface area (Å²) in [5.74, 6) is -0.370. The third-order valence-corrected chi connectivity index (χ3v) is 5.30. The van der Waals surface area contributed by atoms with Crippen LogP contribution in [0.5, 0.6) is 11.5 Å². The Bertz CT molecular complexity index is 1030. The molecule has 1 atom stereocenters. The van der Waals surface area contributed by atoms with Crippen molar-refractivity contribution in [3.63, 3.8) is 0 Å². The fourth-order valence-corrected chi connectivity index (χ4v) is 3.69. The fourth-order valence-electron chi connectivity index (χ4n) is 3.45. The third-order valence-electron chi connectivity index (χ3n) is 5.01. The highest BCUT2D eigenvalue weighted by atomic mass is 35.5. The Morgan fingerprint density at radius 3 is 2.47 bits per heavy atom. The third kappa shape index (κ3) is 3.78. The lowest BCUT2D eigenvalue weighted by atomic mass is 9.88. The van der Waals surface area contributed by atoms with Crippen LogP contribution in [0.4, 0.5) is 10.5 Å². The number of halogens is 1. The molecular formula is C21H22ClN3O5. The average Bonchev–Trinajstić information content (AvgIpc) is 2.92. The maximum atomic E-state index is 13.0. The Morgan fingerprint density at radius 2 is 1.83 bits per heavy atom. The fraction of sp³-hybridized carbons (Fsp3) is 0.286. The van der Waals surface area contributed by atoms with Crippen LogP contribution in [0.3, 0.4) is 0 Å². The molecule has 0 bridgehead atoms. The standard InChI is InChI=1S/C21H22ClN3O5/c1-12-7-5-6-8-13(12)21(2)19(27)25(20(28)24-21)11-18(26)23-15-9-14(22)16(29-3)10-17(15)30-4/h5-10H,11H2,1-4H3,(H,23,26)(H,24,28). The summed E-state index contributed by atoms with van der Waals surface area (Å²) in [7, 11) is 2.89. The van der Waals surface area contributed by atoms with Gasteiger partial charge in [-0.05, 0) is 31.0 Å². The van der Waals surface area contributed by atoms with Crippen molar-refractivity contribution >= 4 is 35.1 Å². The van der Waals surface area contributed by atoms with E-state index in [4.69, 9.17) is 21.1 Å². The number of carbonyl (C=O) groups excluding carboxylic acids is 3. The van der Waals surface area contributed by atoms with Crippen LogP contribution in [0.1, 0.15) is 18.1 Å². The van der Waals surface area contributed by atoms with Crippen molar-refractivity contribution in [2.24, 2.45) is 0 Å². The maximum Gasteiger partial charge on any atom is 0.325 e. The van der Waals surface area contributed by atoms with E-state index >= 15 is 0 Å². The molecule has 9 heteroatoms. The van der Waals surface area contributed by atoms with Crippen molar-refractivity contribution in [2.75, 3.05) is 26.1 Å². The lowest BCUT2D eigenvalue weighted by Crippen LogP contribution is -2.42. The van der Waals surface area contributed by atoms with Gasteiger partial charge in [-0.25, -0.2) is 4.79 Å². The number of nitrogens with one attached hydrogen (secondary N) is 2. The molecule has 0 saturated carbocycles. The molecule has 0 aromatic heterocycles. The van der Waals surface area contributed by atoms with Crippen LogP contribution < -0.4 is 20.1 Å². The largest absolute Gasteiger partial charge is 0.495 e. The van der Waals surface area contributed by atoms with Gasteiger partial charge in [-0.15, -0.1) is 0 Å². The van der Waals surface area contributed by atoms with Crippen molar-refractivity contribution in [2.45, 2.75) is 19.4 Å². The topological polar surface area (TPSA) is 97.0 Å². The van der Waals surface area contributed by atoms with Gasteiger partial charge in [-0.2, -0.15) is 0 Å². The number of ether oxygens (including phenoxy) is 2. The van der Waals surface area contributed by atoms with Crippen LogP contribution in [0.15, 0.2) is 36.4 Å². The van der Waals surface area contributed by atoms with Gasteiger partial charge in [0.15, 0.2) is 0 Å². The van der Waals surface area contributed by atoms with Crippen molar-refractivity contribution in [1.29, 1.82) is 0 Å². The summed E-state index contributed by atoms with van der Waals surface area (Å²) in [6.07, 6.45) is 0. The molecular weight excluding hydrogens is 410 g/mol. The minimum atomic E-state index is -1.25. The Kier molecular flexibility index (Phi) is 5.89. The normalized spacial score (nSPS) is 18.2. The molecule has 8 nitrogen and oxygen atoms in total. The number of urea groups is 1. The van der Waals surface area contributed by atoms with E-state index in [0.29, 0.717) is 22.7 Å². The Labute approximate surface area is 179 Å². The van der Waals surface area contributed by atoms with Gasteiger partial charge < -0.3 is 20.1 Å². The monoisotopic (exact) mass is 431 g/mol. The molecule has 0 spiro atoms. The minimum Gasteiger partial charge on any atom is -0.495 e. The highest BCUT2D eigenvalue weighted by molar-refractivity contribution is 6.32. The predicted molar refractivity (Wildman–Crippen MR) is 112 cm³/mol. The summed E-state index contributed by atoms with van der Waals surface area (Å²) in [5, 5.41) is 5.59. The molecule has 4 amide bonds. The van der Waals surface area contributed by atoms with Gasteiger partial charge >= 0.3 is 6.03 Å². The molecule has 0 aliphatic carbocycles. The second-order valence-electron chi connectivity index (χ2n) is 7.00. The highest BCUT2D eigenvalue weighted by Gasteiger charge is 2.50. The SMILES string of the molecule is COc1cc(OC)c(NC(=O)CN2C(=O)NC(C)(c3ccccc3C)C2=O)cc1Cl. The first kappa shape index (κ1) is 21.4. The second kappa shape index (κ2) is 8.23. The first-order chi connectivity index (χ1) is 14.2. The molecule has 1 aliphatic rings. The Hall–Kier alpha value is -3.26. The quantitative estimate of drug-likeness (QED) is 0.685. The first-order valence-electron chi connectivity index (χ1n) is 9.13. The zero-order chi connectivity index (χ0) is 22.1. The van der Waals surface area contributed by atoms with Gasteiger partial charge in [-0.1, -0.05) is 35.9 Å². The van der Waals surface area contributed by atoms with Crippen molar-refractivity contribution in [3.8, 4) is 11.5 Å². The molecule has 158 valence electrons. The summed E-state index contributed by atoms with van der Waals surface area (Å²) >= 11 is 6.12. The number of nitrogens with zero attached hydrogens (tertiary/aromatic N) is 1. The number of hydrogen-bond donors (Lipinski definition) is 2. The number of amides is 4. The minimum absolute atomic E-state index is 0.274. The molecule has 1 fully saturated rings. The van der Waals surface area contributed by atoms with Crippen molar-refractivity contribution in [3.05, 3.63) is 52.5 Å². The molecule has 2 aromatic rings. The van der Waals surface area contributed by atoms with E-state index in [9.17, 15) is 14.4 Å². The summed E-state index contributed by atoms with van der Waals surface area (Å²) < 4.78 is 10.4. The molecule has 1 saturated heterocycles. The number of aryl methyl sites for hydroxylation is 1. The first-order valence-corrected chi connectivity index (χ1v) is 9.50. The van der Waals surface area contributed by atoms with Crippen LogP contribution in [0.2, 0.25) is 5.02 Å². The number of hydrogen-bond acceptors (Lipinski definition) is 5. The maximum absolute atomic E-state index is 13.0. The van der Waals surface area contributed by atoms with E-state index in [-0.39, 0.29) is 5.02 Å². The lowest BCUT2D eigenvalue weighted by molar-refractivity contribution is -0.133. The van der Waals surface area contributed by atoms with E-state index in [2.05, 4.69) is 10.6 Å². The molecule has 1 heterocycles. The van der Waals surface area contributed by atoms with Crippen molar-refractivity contribution < 1.29 is 23.9 Å². The molecule has 2 aromatic carbocycles. The van der Waals surface area contributed by atoms with Crippen LogP contribution in [-0.4, -0.2) is 43.5 Å². The number of rotatable bonds is 6. The number of carbonyl (C=O) groups is 3. The second-order valence-corrected chi connectivity index (χ2v) is 7.40. The van der Waals surface area contributed by atoms with Crippen LogP contribution in [0, 0.1) is 6.92 Å². The van der Waals surface area contributed by atoms with E-state index in [1.165, 1.54) is 26.4 Å². The van der Waals surface area contributed by atoms with E-state index < -0.39 is 29.9 Å². The van der Waals surface area contributed by atoms with Gasteiger partial charge in [0, 0.05) is 6.07 Å². The average molecular weight is 432 g/mol. The molecule has 1 unspecified atom stereocenters. The molecule has 2 N–H and O–H groups in total. The summed E-state index contributed by atoms with van der Waals surface area (Å²) in [4.78, 5) is 39.0. The Balaban J connectivity index is 1.79. The Morgan fingerprint density at radius 1 is 1.17 bits per heavy atom. The van der Waals surface area contributed by atoms with E-state index in [0.717, 1.165) is 10.5 Å². The molecule has 1 aliphatic heterocycles. The lowest BCUT2D eigenvalue weighted by Gasteiger charge is -2.24. The molecule has 3 rings (SSSR count). The van der Waals surface area contributed by atoms with Crippen LogP contribution >= 0.6 is 11.6 Å². The van der Waals surface area contributed by atoms with Gasteiger partial charge in [0.05, 0.1) is 24.9 Å². The van der Waals surface area contributed by atoms with Crippen molar-refractivity contribution in [1.82, 2.24) is 10.2 Å². The molecule has 0 radical (unpaired) electrons. The van der Waals surface area contributed by atoms with Gasteiger partial charge in [0.1, 0.15) is 23.6 Å². The summed E-state index contributed by atoms with van der Waals surface area (Å²) in [6.45, 7) is 3.02.